The van der Waals surface area contributed by atoms with Gasteiger partial charge in [-0.15, -0.1) is 11.3 Å². The zero-order valence-electron chi connectivity index (χ0n) is 14.1. The van der Waals surface area contributed by atoms with Crippen LogP contribution >= 0.6 is 11.3 Å². The SMILES string of the molecule is CS(=O)(=O)Cc1ncc(-c2ccc([C@H](O)[C@@H](CF)NC(=O)C(F)F)cc2)s1. The first-order chi connectivity index (χ1) is 12.6. The zero-order valence-corrected chi connectivity index (χ0v) is 15.7. The van der Waals surface area contributed by atoms with Crippen LogP contribution < -0.4 is 5.32 Å². The minimum Gasteiger partial charge on any atom is -0.386 e. The molecule has 0 unspecified atom stereocenters. The Morgan fingerprint density at radius 2 is 1.93 bits per heavy atom. The maximum Gasteiger partial charge on any atom is 0.315 e. The smallest absolute Gasteiger partial charge is 0.315 e. The van der Waals surface area contributed by atoms with E-state index in [4.69, 9.17) is 0 Å². The fourth-order valence-corrected chi connectivity index (χ4v) is 4.38. The summed E-state index contributed by atoms with van der Waals surface area (Å²) in [4.78, 5) is 15.7. The summed E-state index contributed by atoms with van der Waals surface area (Å²) in [7, 11) is -3.20. The number of aromatic nitrogens is 1. The Morgan fingerprint density at radius 1 is 1.30 bits per heavy atom. The molecule has 0 spiro atoms. The molecule has 0 aliphatic rings. The lowest BCUT2D eigenvalue weighted by atomic mass is 10.0. The molecule has 6 nitrogen and oxygen atoms in total. The van der Waals surface area contributed by atoms with Crippen LogP contribution in [0.4, 0.5) is 13.2 Å². The molecule has 1 aromatic heterocycles. The number of hydrogen-bond donors (Lipinski definition) is 2. The number of sulfone groups is 1. The second kappa shape index (κ2) is 8.81. The summed E-state index contributed by atoms with van der Waals surface area (Å²) in [5.41, 5.74) is 0.924. The number of hydrogen-bond acceptors (Lipinski definition) is 6. The molecular formula is C16H17F3N2O4S2. The Morgan fingerprint density at radius 3 is 2.44 bits per heavy atom. The van der Waals surface area contributed by atoms with Crippen molar-refractivity contribution in [2.75, 3.05) is 12.9 Å². The van der Waals surface area contributed by atoms with E-state index in [2.05, 4.69) is 4.98 Å². The fraction of sp³-hybridized carbons (Fsp3) is 0.375. The largest absolute Gasteiger partial charge is 0.386 e. The Bertz CT molecular complexity index is 885. The van der Waals surface area contributed by atoms with Crippen molar-refractivity contribution in [1.29, 1.82) is 0 Å². The van der Waals surface area contributed by atoms with Crippen LogP contribution in [0, 0.1) is 0 Å². The van der Waals surface area contributed by atoms with Gasteiger partial charge in [-0.05, 0) is 11.1 Å². The number of carbonyl (C=O) groups is 1. The number of alkyl halides is 3. The summed E-state index contributed by atoms with van der Waals surface area (Å²) in [6.07, 6.45) is -2.18. The van der Waals surface area contributed by atoms with Gasteiger partial charge in [0.05, 0.1) is 10.9 Å². The number of halogens is 3. The van der Waals surface area contributed by atoms with Gasteiger partial charge in [0.1, 0.15) is 23.5 Å². The van der Waals surface area contributed by atoms with Crippen molar-refractivity contribution in [3.8, 4) is 10.4 Å². The van der Waals surface area contributed by atoms with E-state index in [1.54, 1.807) is 17.4 Å². The lowest BCUT2D eigenvalue weighted by molar-refractivity contribution is -0.133. The van der Waals surface area contributed by atoms with Crippen LogP contribution in [0.1, 0.15) is 16.7 Å². The molecule has 1 aromatic carbocycles. The molecule has 2 atom stereocenters. The molecule has 0 fully saturated rings. The van der Waals surface area contributed by atoms with Gasteiger partial charge in [-0.2, -0.15) is 8.78 Å². The third-order valence-electron chi connectivity index (χ3n) is 3.55. The van der Waals surface area contributed by atoms with E-state index in [0.29, 0.717) is 15.4 Å². The van der Waals surface area contributed by atoms with Gasteiger partial charge in [-0.25, -0.2) is 17.8 Å². The number of carbonyl (C=O) groups excluding carboxylic acids is 1. The number of amides is 1. The molecule has 0 aliphatic heterocycles. The average Bonchev–Trinajstić information content (AvgIpc) is 3.05. The predicted octanol–water partition coefficient (Wildman–Crippen LogP) is 2.11. The second-order valence-corrected chi connectivity index (χ2v) is 9.08. The van der Waals surface area contributed by atoms with Gasteiger partial charge in [-0.1, -0.05) is 24.3 Å². The predicted molar refractivity (Wildman–Crippen MR) is 95.0 cm³/mol. The highest BCUT2D eigenvalue weighted by Gasteiger charge is 2.26. The van der Waals surface area contributed by atoms with Gasteiger partial charge >= 0.3 is 6.43 Å². The summed E-state index contributed by atoms with van der Waals surface area (Å²) >= 11 is 1.20. The summed E-state index contributed by atoms with van der Waals surface area (Å²) < 4.78 is 60.2. The molecule has 0 bridgehead atoms. The molecule has 2 rings (SSSR count). The highest BCUT2D eigenvalue weighted by atomic mass is 32.2. The monoisotopic (exact) mass is 422 g/mol. The van der Waals surface area contributed by atoms with Gasteiger partial charge in [-0.3, -0.25) is 4.79 Å². The zero-order chi connectivity index (χ0) is 20.2. The van der Waals surface area contributed by atoms with Crippen molar-refractivity contribution < 1.29 is 31.5 Å². The van der Waals surface area contributed by atoms with Crippen LogP contribution in [-0.2, 0) is 20.4 Å². The number of aliphatic hydroxyl groups is 1. The van der Waals surface area contributed by atoms with Crippen LogP contribution in [0.2, 0.25) is 0 Å². The molecule has 11 heteroatoms. The quantitative estimate of drug-likeness (QED) is 0.679. The van der Waals surface area contributed by atoms with Crippen LogP contribution in [0.25, 0.3) is 10.4 Å². The number of nitrogens with zero attached hydrogens (tertiary/aromatic N) is 1. The molecule has 2 N–H and O–H groups in total. The fourth-order valence-electron chi connectivity index (χ4n) is 2.26. The number of benzene rings is 1. The molecule has 2 aromatic rings. The first-order valence-corrected chi connectivity index (χ1v) is 10.5. The minimum atomic E-state index is -3.30. The van der Waals surface area contributed by atoms with E-state index in [-0.39, 0.29) is 11.3 Å². The second-order valence-electron chi connectivity index (χ2n) is 5.83. The molecule has 0 radical (unpaired) electrons. The molecule has 0 saturated carbocycles. The van der Waals surface area contributed by atoms with E-state index >= 15 is 0 Å². The Hall–Kier alpha value is -1.98. The molecular weight excluding hydrogens is 405 g/mol. The van der Waals surface area contributed by atoms with Crippen molar-refractivity contribution in [1.82, 2.24) is 10.3 Å². The summed E-state index contributed by atoms with van der Waals surface area (Å²) in [6, 6.07) is 4.63. The number of thiazole rings is 1. The average molecular weight is 422 g/mol. The topological polar surface area (TPSA) is 96.4 Å². The van der Waals surface area contributed by atoms with Crippen molar-refractivity contribution in [2.45, 2.75) is 24.3 Å². The van der Waals surface area contributed by atoms with Crippen molar-refractivity contribution in [3.63, 3.8) is 0 Å². The minimum absolute atomic E-state index is 0.170. The maximum absolute atomic E-state index is 13.0. The van der Waals surface area contributed by atoms with E-state index < -0.39 is 41.0 Å². The van der Waals surface area contributed by atoms with Crippen LogP contribution in [0.15, 0.2) is 30.5 Å². The molecule has 1 heterocycles. The van der Waals surface area contributed by atoms with E-state index in [0.717, 1.165) is 6.26 Å². The Balaban J connectivity index is 2.13. The van der Waals surface area contributed by atoms with Gasteiger partial charge < -0.3 is 10.4 Å². The summed E-state index contributed by atoms with van der Waals surface area (Å²) in [5, 5.41) is 12.3. The van der Waals surface area contributed by atoms with Gasteiger partial charge in [0.25, 0.3) is 5.91 Å². The van der Waals surface area contributed by atoms with Crippen molar-refractivity contribution in [3.05, 3.63) is 41.0 Å². The Kier molecular flexibility index (Phi) is 6.95. The van der Waals surface area contributed by atoms with E-state index in [1.165, 1.54) is 29.7 Å². The van der Waals surface area contributed by atoms with Crippen molar-refractivity contribution in [2.24, 2.45) is 0 Å². The first kappa shape index (κ1) is 21.3. The number of rotatable bonds is 8. The molecule has 148 valence electrons. The third-order valence-corrected chi connectivity index (χ3v) is 5.58. The van der Waals surface area contributed by atoms with Crippen LogP contribution in [0.5, 0.6) is 0 Å². The highest BCUT2D eigenvalue weighted by molar-refractivity contribution is 7.90. The van der Waals surface area contributed by atoms with Crippen LogP contribution in [-0.4, -0.2) is 49.8 Å². The Labute approximate surface area is 158 Å². The normalized spacial score (nSPS) is 14.1. The molecule has 0 saturated heterocycles. The van der Waals surface area contributed by atoms with Gasteiger partial charge in [0.2, 0.25) is 0 Å². The molecule has 0 aliphatic carbocycles. The van der Waals surface area contributed by atoms with Crippen LogP contribution in [0.3, 0.4) is 0 Å². The number of aliphatic hydroxyl groups excluding tert-OH is 1. The third kappa shape index (κ3) is 6.01. The lowest BCUT2D eigenvalue weighted by Crippen LogP contribution is -2.43. The lowest BCUT2D eigenvalue weighted by Gasteiger charge is -2.21. The summed E-state index contributed by atoms with van der Waals surface area (Å²) in [5.74, 6) is -1.83. The highest BCUT2D eigenvalue weighted by Crippen LogP contribution is 2.28. The van der Waals surface area contributed by atoms with Gasteiger partial charge in [0.15, 0.2) is 9.84 Å². The molecule has 1 amide bonds. The van der Waals surface area contributed by atoms with E-state index in [1.807, 2.05) is 0 Å². The maximum atomic E-state index is 13.0. The standard InChI is InChI=1S/C16H17F3N2O4S2/c1-27(24,25)8-13-20-7-12(26-13)9-2-4-10(5-3-9)14(22)11(6-17)21-16(23)15(18)19/h2-5,7,11,14-15,22H,6,8H2,1H3,(H,21,23)/t11-,14+/m1/s1. The van der Waals surface area contributed by atoms with Crippen molar-refractivity contribution >= 4 is 27.1 Å². The number of nitrogens with one attached hydrogen (secondary N) is 1. The summed E-state index contributed by atoms with van der Waals surface area (Å²) in [6.45, 7) is -1.22. The van der Waals surface area contributed by atoms with Gasteiger partial charge in [0, 0.05) is 12.5 Å². The first-order valence-electron chi connectivity index (χ1n) is 7.66. The molecule has 27 heavy (non-hydrogen) atoms. The van der Waals surface area contributed by atoms with E-state index in [9.17, 15) is 31.5 Å².